The molecule has 3 rings (SSSR count). The molecule has 0 aliphatic rings. The van der Waals surface area contributed by atoms with Crippen LogP contribution >= 0.6 is 0 Å². The third kappa shape index (κ3) is 4.25. The summed E-state index contributed by atoms with van der Waals surface area (Å²) in [5, 5.41) is 2.90. The van der Waals surface area contributed by atoms with Gasteiger partial charge in [-0.05, 0) is 30.0 Å². The Balaban J connectivity index is 1.63. The first-order valence-corrected chi connectivity index (χ1v) is 8.60. The van der Waals surface area contributed by atoms with Crippen LogP contribution in [0.2, 0.25) is 0 Å². The Hall–Kier alpha value is -2.66. The number of rotatable bonds is 6. The summed E-state index contributed by atoms with van der Waals surface area (Å²) in [7, 11) is 0. The van der Waals surface area contributed by atoms with Gasteiger partial charge < -0.3 is 16.0 Å². The molecule has 1 heterocycles. The minimum absolute atomic E-state index is 0.102. The van der Waals surface area contributed by atoms with Crippen molar-refractivity contribution in [1.82, 2.24) is 15.3 Å². The zero-order valence-electron chi connectivity index (χ0n) is 14.6. The number of carbonyl (C=O) groups is 1. The third-order valence-electron chi connectivity index (χ3n) is 4.15. The van der Waals surface area contributed by atoms with Crippen molar-refractivity contribution in [3.05, 3.63) is 54.1 Å². The molecule has 0 saturated carbocycles. The molecule has 1 aromatic heterocycles. The highest BCUT2D eigenvalue weighted by molar-refractivity contribution is 5.81. The van der Waals surface area contributed by atoms with E-state index in [1.165, 1.54) is 0 Å². The van der Waals surface area contributed by atoms with E-state index in [0.29, 0.717) is 18.9 Å². The average Bonchev–Trinajstić information content (AvgIpc) is 3.03. The van der Waals surface area contributed by atoms with Gasteiger partial charge in [-0.3, -0.25) is 4.79 Å². The summed E-state index contributed by atoms with van der Waals surface area (Å²) in [4.78, 5) is 19.9. The van der Waals surface area contributed by atoms with E-state index in [4.69, 9.17) is 5.73 Å². The van der Waals surface area contributed by atoms with Gasteiger partial charge in [0.15, 0.2) is 0 Å². The van der Waals surface area contributed by atoms with E-state index in [1.54, 1.807) is 0 Å². The maximum Gasteiger partial charge on any atom is 0.237 e. The summed E-state index contributed by atoms with van der Waals surface area (Å²) in [6, 6.07) is 15.5. The topological polar surface area (TPSA) is 83.8 Å². The molecule has 0 fully saturated rings. The molecule has 25 heavy (non-hydrogen) atoms. The highest BCUT2D eigenvalue weighted by Gasteiger charge is 2.14. The molecular formula is C20H24N4O. The molecule has 0 saturated heterocycles. The van der Waals surface area contributed by atoms with Gasteiger partial charge in [0.05, 0.1) is 17.1 Å². The fourth-order valence-electron chi connectivity index (χ4n) is 2.81. The molecule has 1 atom stereocenters. The van der Waals surface area contributed by atoms with Crippen molar-refractivity contribution in [2.75, 3.05) is 0 Å². The molecule has 0 spiro atoms. The number of aromatic amines is 1. The predicted octanol–water partition coefficient (Wildman–Crippen LogP) is 3.22. The van der Waals surface area contributed by atoms with Crippen molar-refractivity contribution >= 4 is 16.9 Å². The van der Waals surface area contributed by atoms with Crippen LogP contribution in [0.25, 0.3) is 22.4 Å². The molecule has 0 unspecified atom stereocenters. The van der Waals surface area contributed by atoms with E-state index in [0.717, 1.165) is 28.0 Å². The Bertz CT molecular complexity index is 819. The number of H-pyrrole nitrogens is 1. The van der Waals surface area contributed by atoms with Gasteiger partial charge in [-0.1, -0.05) is 50.2 Å². The van der Waals surface area contributed by atoms with Crippen molar-refractivity contribution in [2.24, 2.45) is 11.7 Å². The van der Waals surface area contributed by atoms with E-state index in [1.807, 2.05) is 48.5 Å². The van der Waals surface area contributed by atoms with Gasteiger partial charge in [0.1, 0.15) is 5.82 Å². The van der Waals surface area contributed by atoms with Crippen LogP contribution in [0.5, 0.6) is 0 Å². The van der Waals surface area contributed by atoms with Crippen LogP contribution in [0, 0.1) is 5.92 Å². The lowest BCUT2D eigenvalue weighted by Gasteiger charge is -2.14. The Morgan fingerprint density at radius 3 is 2.56 bits per heavy atom. The van der Waals surface area contributed by atoms with Crippen LogP contribution < -0.4 is 11.1 Å². The number of nitrogens with two attached hydrogens (primary N) is 1. The van der Waals surface area contributed by atoms with Gasteiger partial charge in [0.2, 0.25) is 5.91 Å². The van der Waals surface area contributed by atoms with Crippen molar-refractivity contribution in [1.29, 1.82) is 0 Å². The van der Waals surface area contributed by atoms with Gasteiger partial charge in [0, 0.05) is 12.1 Å². The molecule has 0 aliphatic heterocycles. The fraction of sp³-hybridized carbons (Fsp3) is 0.300. The zero-order valence-corrected chi connectivity index (χ0v) is 14.6. The molecule has 0 aliphatic carbocycles. The third-order valence-corrected chi connectivity index (χ3v) is 4.15. The van der Waals surface area contributed by atoms with Crippen LogP contribution in [0.15, 0.2) is 48.5 Å². The lowest BCUT2D eigenvalue weighted by molar-refractivity contribution is -0.122. The number of hydrogen-bond acceptors (Lipinski definition) is 3. The SMILES string of the molecule is CC(C)C[C@H](N)C(=O)NCc1ccc(-c2nc3ccccc3[nH]2)cc1. The number of nitrogens with zero attached hydrogens (tertiary/aromatic N) is 1. The highest BCUT2D eigenvalue weighted by Crippen LogP contribution is 2.20. The smallest absolute Gasteiger partial charge is 0.237 e. The molecule has 5 nitrogen and oxygen atoms in total. The van der Waals surface area contributed by atoms with E-state index in [2.05, 4.69) is 29.1 Å². The largest absolute Gasteiger partial charge is 0.351 e. The lowest BCUT2D eigenvalue weighted by atomic mass is 10.0. The number of nitrogens with one attached hydrogen (secondary N) is 2. The maximum atomic E-state index is 12.0. The average molecular weight is 336 g/mol. The quantitative estimate of drug-likeness (QED) is 0.646. The second-order valence-corrected chi connectivity index (χ2v) is 6.75. The van der Waals surface area contributed by atoms with E-state index >= 15 is 0 Å². The molecule has 1 amide bonds. The second-order valence-electron chi connectivity index (χ2n) is 6.75. The Morgan fingerprint density at radius 2 is 1.88 bits per heavy atom. The van der Waals surface area contributed by atoms with Gasteiger partial charge in [-0.15, -0.1) is 0 Å². The van der Waals surface area contributed by atoms with Gasteiger partial charge >= 0.3 is 0 Å². The number of fused-ring (bicyclic) bond motifs is 1. The monoisotopic (exact) mass is 336 g/mol. The summed E-state index contributed by atoms with van der Waals surface area (Å²) in [6.07, 6.45) is 0.691. The highest BCUT2D eigenvalue weighted by atomic mass is 16.2. The molecule has 0 radical (unpaired) electrons. The molecular weight excluding hydrogens is 312 g/mol. The van der Waals surface area contributed by atoms with Crippen LogP contribution in [0.1, 0.15) is 25.8 Å². The number of imidazole rings is 1. The van der Waals surface area contributed by atoms with Crippen LogP contribution in [0.3, 0.4) is 0 Å². The summed E-state index contributed by atoms with van der Waals surface area (Å²) in [5.74, 6) is 1.15. The number of carbonyl (C=O) groups excluding carboxylic acids is 1. The molecule has 5 heteroatoms. The summed E-state index contributed by atoms with van der Waals surface area (Å²) in [6.45, 7) is 4.60. The lowest BCUT2D eigenvalue weighted by Crippen LogP contribution is -2.40. The Kier molecular flexibility index (Phi) is 5.14. The van der Waals surface area contributed by atoms with Crippen molar-refractivity contribution in [2.45, 2.75) is 32.9 Å². The van der Waals surface area contributed by atoms with E-state index < -0.39 is 6.04 Å². The molecule has 130 valence electrons. The first-order valence-electron chi connectivity index (χ1n) is 8.60. The zero-order chi connectivity index (χ0) is 17.8. The maximum absolute atomic E-state index is 12.0. The Morgan fingerprint density at radius 1 is 1.16 bits per heavy atom. The molecule has 4 N–H and O–H groups in total. The van der Waals surface area contributed by atoms with Gasteiger partial charge in [-0.25, -0.2) is 4.98 Å². The van der Waals surface area contributed by atoms with Gasteiger partial charge in [0.25, 0.3) is 0 Å². The summed E-state index contributed by atoms with van der Waals surface area (Å²) < 4.78 is 0. The minimum Gasteiger partial charge on any atom is -0.351 e. The molecule has 0 bridgehead atoms. The van der Waals surface area contributed by atoms with E-state index in [9.17, 15) is 4.79 Å². The van der Waals surface area contributed by atoms with Crippen LogP contribution in [-0.4, -0.2) is 21.9 Å². The Labute approximate surface area is 147 Å². The first-order chi connectivity index (χ1) is 12.0. The van der Waals surface area contributed by atoms with Crippen molar-refractivity contribution in [3.63, 3.8) is 0 Å². The van der Waals surface area contributed by atoms with Crippen LogP contribution in [-0.2, 0) is 11.3 Å². The summed E-state index contributed by atoms with van der Waals surface area (Å²) >= 11 is 0. The number of hydrogen-bond donors (Lipinski definition) is 3. The van der Waals surface area contributed by atoms with Crippen LogP contribution in [0.4, 0.5) is 0 Å². The predicted molar refractivity (Wildman–Crippen MR) is 101 cm³/mol. The fourth-order valence-corrected chi connectivity index (χ4v) is 2.81. The normalized spacial score (nSPS) is 12.5. The minimum atomic E-state index is -0.449. The number of benzene rings is 2. The van der Waals surface area contributed by atoms with Crippen molar-refractivity contribution in [3.8, 4) is 11.4 Å². The number of aromatic nitrogens is 2. The number of para-hydroxylation sites is 2. The molecule has 2 aromatic carbocycles. The van der Waals surface area contributed by atoms with Gasteiger partial charge in [-0.2, -0.15) is 0 Å². The first kappa shape index (κ1) is 17.2. The standard InChI is InChI=1S/C20H24N4O/c1-13(2)11-16(21)20(25)22-12-14-7-9-15(10-8-14)19-23-17-5-3-4-6-18(17)24-19/h3-10,13,16H,11-12,21H2,1-2H3,(H,22,25)(H,23,24)/t16-/m0/s1. The second kappa shape index (κ2) is 7.49. The van der Waals surface area contributed by atoms with Crippen molar-refractivity contribution < 1.29 is 4.79 Å². The molecule has 3 aromatic rings. The van der Waals surface area contributed by atoms with E-state index in [-0.39, 0.29) is 5.91 Å². The number of amides is 1. The summed E-state index contributed by atoms with van der Waals surface area (Å²) in [5.41, 5.74) is 9.92.